The topological polar surface area (TPSA) is 149 Å². The average Bonchev–Trinajstić information content (AvgIpc) is 2.95. The third kappa shape index (κ3) is 14.1. The molecular weight excluding hydrogens is 526 g/mol. The summed E-state index contributed by atoms with van der Waals surface area (Å²) in [5.74, 6) is -0.538. The van der Waals surface area contributed by atoms with Crippen LogP contribution < -0.4 is 5.32 Å². The van der Waals surface area contributed by atoms with Crippen molar-refractivity contribution in [1.29, 1.82) is 0 Å². The van der Waals surface area contributed by atoms with Gasteiger partial charge in [0.25, 0.3) is 5.97 Å². The summed E-state index contributed by atoms with van der Waals surface area (Å²) in [4.78, 5) is 9.00. The first kappa shape index (κ1) is 33.7. The molecule has 9 nitrogen and oxygen atoms in total. The van der Waals surface area contributed by atoms with Crippen LogP contribution in [0.1, 0.15) is 55.4 Å². The summed E-state index contributed by atoms with van der Waals surface area (Å²) in [6, 6.07) is 20.1. The number of phenolic OH excluding ortho intramolecular Hbond substituents is 1. The fraction of sp³-hybridized carbons (Fsp3) is 0.406. The molecule has 0 unspecified atom stereocenters. The second kappa shape index (κ2) is 19.6. The Bertz CT molecular complexity index is 1170. The quantitative estimate of drug-likeness (QED) is 0.127. The molecule has 0 amide bonds. The highest BCUT2D eigenvalue weighted by atomic mass is 16.5. The van der Waals surface area contributed by atoms with Gasteiger partial charge in [-0.3, -0.25) is 4.79 Å². The van der Waals surface area contributed by atoms with E-state index in [1.807, 2.05) is 30.3 Å². The summed E-state index contributed by atoms with van der Waals surface area (Å²) in [6.45, 7) is 4.43. The highest BCUT2D eigenvalue weighted by Crippen LogP contribution is 2.24. The highest BCUT2D eigenvalue weighted by molar-refractivity contribution is 5.65. The molecule has 0 saturated carbocycles. The lowest BCUT2D eigenvalue weighted by molar-refractivity contribution is -0.134. The number of carboxylic acid groups (broad SMARTS) is 1. The van der Waals surface area contributed by atoms with Crippen LogP contribution in [-0.2, 0) is 27.5 Å². The molecule has 41 heavy (non-hydrogen) atoms. The standard InChI is InChI=1S/C30H39NO6.C2H4O2/c32-21-27-18-26(11-12-29(27)34)30(35)20-31-13-3-1-2-4-14-36-15-16-37-22-23-7-5-8-24(17-23)25-9-6-10-28(33)19-25;1-2(3)4/h5-12,17-19,30-35H,1-4,13-16,20-22H2;1H3,(H,3,4)/t30-;/m0./s1. The molecule has 0 aliphatic rings. The number of nitrogens with one attached hydrogen (secondary N) is 1. The number of carboxylic acids is 1. The molecule has 0 fully saturated rings. The zero-order chi connectivity index (χ0) is 29.9. The zero-order valence-electron chi connectivity index (χ0n) is 23.7. The van der Waals surface area contributed by atoms with Crippen molar-refractivity contribution in [3.8, 4) is 22.6 Å². The van der Waals surface area contributed by atoms with Crippen LogP contribution >= 0.6 is 0 Å². The van der Waals surface area contributed by atoms with E-state index in [0.717, 1.165) is 62.4 Å². The lowest BCUT2D eigenvalue weighted by Crippen LogP contribution is -2.22. The number of ether oxygens (including phenoxy) is 2. The van der Waals surface area contributed by atoms with Crippen molar-refractivity contribution in [3.63, 3.8) is 0 Å². The average molecular weight is 570 g/mol. The molecule has 0 aliphatic heterocycles. The molecule has 0 radical (unpaired) electrons. The Labute approximate surface area is 242 Å². The molecule has 0 spiro atoms. The molecule has 0 aliphatic carbocycles. The van der Waals surface area contributed by atoms with E-state index in [4.69, 9.17) is 19.4 Å². The minimum absolute atomic E-state index is 0.0378. The predicted octanol–water partition coefficient (Wildman–Crippen LogP) is 4.76. The lowest BCUT2D eigenvalue weighted by Gasteiger charge is -2.14. The monoisotopic (exact) mass is 569 g/mol. The SMILES string of the molecule is CC(=O)O.OCc1cc([C@@H](O)CNCCCCCCOCCOCc2cccc(-c3cccc(O)c3)c2)ccc1O. The van der Waals surface area contributed by atoms with Gasteiger partial charge in [0.05, 0.1) is 32.5 Å². The normalized spacial score (nSPS) is 11.5. The van der Waals surface area contributed by atoms with Gasteiger partial charge in [-0.15, -0.1) is 0 Å². The second-order valence-electron chi connectivity index (χ2n) is 9.62. The Hall–Kier alpha value is -3.47. The first-order valence-electron chi connectivity index (χ1n) is 13.8. The summed E-state index contributed by atoms with van der Waals surface area (Å²) in [7, 11) is 0. The van der Waals surface area contributed by atoms with Crippen molar-refractivity contribution in [2.45, 2.75) is 51.9 Å². The van der Waals surface area contributed by atoms with Crippen LogP contribution in [0.5, 0.6) is 11.5 Å². The van der Waals surface area contributed by atoms with Crippen molar-refractivity contribution in [1.82, 2.24) is 5.32 Å². The van der Waals surface area contributed by atoms with Gasteiger partial charge < -0.3 is 40.3 Å². The highest BCUT2D eigenvalue weighted by Gasteiger charge is 2.10. The molecule has 0 saturated heterocycles. The fourth-order valence-corrected chi connectivity index (χ4v) is 4.04. The molecule has 1 atom stereocenters. The summed E-state index contributed by atoms with van der Waals surface area (Å²) in [5, 5.41) is 49.5. The number of unbranched alkanes of at least 4 members (excludes halogenated alkanes) is 3. The first-order valence-corrected chi connectivity index (χ1v) is 13.8. The van der Waals surface area contributed by atoms with Crippen LogP contribution in [0.4, 0.5) is 0 Å². The molecule has 9 heteroatoms. The number of aliphatic hydroxyl groups excluding tert-OH is 2. The van der Waals surface area contributed by atoms with E-state index in [0.29, 0.717) is 37.5 Å². The molecule has 224 valence electrons. The van der Waals surface area contributed by atoms with E-state index < -0.39 is 12.1 Å². The summed E-state index contributed by atoms with van der Waals surface area (Å²) >= 11 is 0. The minimum atomic E-state index is -0.833. The zero-order valence-corrected chi connectivity index (χ0v) is 23.7. The Morgan fingerprint density at radius 2 is 1.54 bits per heavy atom. The smallest absolute Gasteiger partial charge is 0.300 e. The van der Waals surface area contributed by atoms with Gasteiger partial charge in [-0.2, -0.15) is 0 Å². The van der Waals surface area contributed by atoms with Crippen molar-refractivity contribution in [2.24, 2.45) is 0 Å². The van der Waals surface area contributed by atoms with Crippen LogP contribution in [0.3, 0.4) is 0 Å². The maximum Gasteiger partial charge on any atom is 0.300 e. The van der Waals surface area contributed by atoms with E-state index in [-0.39, 0.29) is 18.1 Å². The molecule has 6 N–H and O–H groups in total. The van der Waals surface area contributed by atoms with Crippen LogP contribution in [0.2, 0.25) is 0 Å². The number of aliphatic hydroxyl groups is 2. The molecule has 3 aromatic rings. The molecule has 0 aromatic heterocycles. The maximum atomic E-state index is 10.3. The third-order valence-corrected chi connectivity index (χ3v) is 6.14. The number of aliphatic carboxylic acids is 1. The Morgan fingerprint density at radius 3 is 2.27 bits per heavy atom. The number of phenols is 2. The number of hydrogen-bond donors (Lipinski definition) is 6. The molecule has 0 bridgehead atoms. The van der Waals surface area contributed by atoms with Crippen molar-refractivity contribution in [3.05, 3.63) is 83.4 Å². The van der Waals surface area contributed by atoms with E-state index in [1.165, 1.54) is 6.07 Å². The van der Waals surface area contributed by atoms with E-state index in [9.17, 15) is 20.4 Å². The van der Waals surface area contributed by atoms with Crippen LogP contribution in [0.25, 0.3) is 11.1 Å². The van der Waals surface area contributed by atoms with Gasteiger partial charge in [-0.25, -0.2) is 0 Å². The second-order valence-corrected chi connectivity index (χ2v) is 9.62. The van der Waals surface area contributed by atoms with Crippen molar-refractivity contribution >= 4 is 5.97 Å². The largest absolute Gasteiger partial charge is 0.508 e. The van der Waals surface area contributed by atoms with Crippen molar-refractivity contribution in [2.75, 3.05) is 32.9 Å². The molecular formula is C32H43NO8. The maximum absolute atomic E-state index is 10.3. The summed E-state index contributed by atoms with van der Waals surface area (Å²) in [6.07, 6.45) is 3.53. The summed E-state index contributed by atoms with van der Waals surface area (Å²) < 4.78 is 11.4. The van der Waals surface area contributed by atoms with Gasteiger partial charge >= 0.3 is 0 Å². The Balaban J connectivity index is 0.00000138. The third-order valence-electron chi connectivity index (χ3n) is 6.14. The molecule has 3 rings (SSSR count). The van der Waals surface area contributed by atoms with E-state index in [1.54, 1.807) is 24.3 Å². The Morgan fingerprint density at radius 1 is 0.854 bits per heavy atom. The number of benzene rings is 3. The summed E-state index contributed by atoms with van der Waals surface area (Å²) in [5.41, 5.74) is 4.21. The van der Waals surface area contributed by atoms with Gasteiger partial charge in [0, 0.05) is 25.6 Å². The van der Waals surface area contributed by atoms with Gasteiger partial charge in [0.2, 0.25) is 0 Å². The van der Waals surface area contributed by atoms with E-state index >= 15 is 0 Å². The first-order chi connectivity index (χ1) is 19.8. The van der Waals surface area contributed by atoms with Gasteiger partial charge in [0.1, 0.15) is 11.5 Å². The predicted molar refractivity (Wildman–Crippen MR) is 158 cm³/mol. The number of hydrogen-bond acceptors (Lipinski definition) is 8. The minimum Gasteiger partial charge on any atom is -0.508 e. The number of rotatable bonds is 17. The van der Waals surface area contributed by atoms with Crippen molar-refractivity contribution < 1.29 is 39.8 Å². The Kier molecular flexibility index (Phi) is 16.1. The molecule has 3 aromatic carbocycles. The van der Waals surface area contributed by atoms with Crippen LogP contribution in [0.15, 0.2) is 66.7 Å². The van der Waals surface area contributed by atoms with Gasteiger partial charge in [-0.1, -0.05) is 49.2 Å². The van der Waals surface area contributed by atoms with E-state index in [2.05, 4.69) is 11.4 Å². The number of carbonyl (C=O) groups is 1. The molecule has 0 heterocycles. The van der Waals surface area contributed by atoms with Gasteiger partial charge in [-0.05, 0) is 72.0 Å². The van der Waals surface area contributed by atoms with Crippen LogP contribution in [-0.4, -0.2) is 64.4 Å². The number of aromatic hydroxyl groups is 2. The van der Waals surface area contributed by atoms with Crippen LogP contribution in [0, 0.1) is 0 Å². The fourth-order valence-electron chi connectivity index (χ4n) is 4.04. The lowest BCUT2D eigenvalue weighted by atomic mass is 10.0. The van der Waals surface area contributed by atoms with Gasteiger partial charge in [0.15, 0.2) is 0 Å².